The van der Waals surface area contributed by atoms with Crippen LogP contribution in [-0.2, 0) is 6.42 Å². The second-order valence-corrected chi connectivity index (χ2v) is 8.12. The van der Waals surface area contributed by atoms with Crippen LogP contribution in [-0.4, -0.2) is 28.6 Å². The summed E-state index contributed by atoms with van der Waals surface area (Å²) in [5.74, 6) is 0.456. The van der Waals surface area contributed by atoms with Crippen molar-refractivity contribution in [2.24, 2.45) is 5.92 Å². The van der Waals surface area contributed by atoms with Crippen molar-refractivity contribution >= 4 is 11.6 Å². The summed E-state index contributed by atoms with van der Waals surface area (Å²) in [5.41, 5.74) is 5.57. The highest BCUT2D eigenvalue weighted by molar-refractivity contribution is 6.09. The van der Waals surface area contributed by atoms with Crippen molar-refractivity contribution in [2.45, 2.75) is 51.6 Å². The summed E-state index contributed by atoms with van der Waals surface area (Å²) in [6.45, 7) is 2.57. The van der Waals surface area contributed by atoms with Crippen LogP contribution in [0, 0.1) is 5.92 Å². The topological polar surface area (TPSA) is 40.5 Å². The van der Waals surface area contributed by atoms with Crippen molar-refractivity contribution in [3.8, 4) is 0 Å². The molecule has 1 heterocycles. The van der Waals surface area contributed by atoms with E-state index in [1.165, 1.54) is 17.6 Å². The summed E-state index contributed by atoms with van der Waals surface area (Å²) in [6, 6.07) is 18.3. The lowest BCUT2D eigenvalue weighted by Gasteiger charge is -2.29. The summed E-state index contributed by atoms with van der Waals surface area (Å²) >= 11 is 0. The summed E-state index contributed by atoms with van der Waals surface area (Å²) in [4.78, 5) is 14.9. The number of aliphatic hydroxyl groups is 1. The lowest BCUT2D eigenvalue weighted by atomic mass is 9.88. The minimum absolute atomic E-state index is 0.0418. The fourth-order valence-corrected chi connectivity index (χ4v) is 4.43. The smallest absolute Gasteiger partial charge is 0.259 e. The number of fused-ring (bicyclic) bond motifs is 1. The summed E-state index contributed by atoms with van der Waals surface area (Å²) < 4.78 is 0. The third-order valence-electron chi connectivity index (χ3n) is 6.16. The molecule has 2 aromatic rings. The molecule has 2 aromatic carbocycles. The monoisotopic (exact) mass is 375 g/mol. The van der Waals surface area contributed by atoms with Crippen LogP contribution in [0.5, 0.6) is 0 Å². The van der Waals surface area contributed by atoms with Crippen molar-refractivity contribution < 1.29 is 9.90 Å². The predicted molar refractivity (Wildman–Crippen MR) is 113 cm³/mol. The highest BCUT2D eigenvalue weighted by Crippen LogP contribution is 2.41. The first-order chi connectivity index (χ1) is 13.7. The number of amides is 1. The van der Waals surface area contributed by atoms with Gasteiger partial charge in [0, 0.05) is 11.1 Å². The lowest BCUT2D eigenvalue weighted by molar-refractivity contribution is 0.0714. The third-order valence-corrected chi connectivity index (χ3v) is 6.16. The third kappa shape index (κ3) is 3.77. The molecule has 2 aliphatic rings. The predicted octanol–water partition coefficient (Wildman–Crippen LogP) is 5.06. The highest BCUT2D eigenvalue weighted by atomic mass is 16.3. The Hall–Kier alpha value is -2.39. The first-order valence-electron chi connectivity index (χ1n) is 10.5. The van der Waals surface area contributed by atoms with E-state index in [4.69, 9.17) is 0 Å². The van der Waals surface area contributed by atoms with E-state index in [0.29, 0.717) is 18.9 Å². The molecule has 2 atom stereocenters. The van der Waals surface area contributed by atoms with E-state index in [0.717, 1.165) is 42.5 Å². The molecule has 0 bridgehead atoms. The Balaban J connectivity index is 1.47. The van der Waals surface area contributed by atoms with Gasteiger partial charge in [-0.25, -0.2) is 0 Å². The average molecular weight is 376 g/mol. The molecular formula is C25H29NO2. The number of hydrogen-bond donors (Lipinski definition) is 1. The Bertz CT molecular complexity index is 865. The molecule has 1 saturated carbocycles. The maximum absolute atomic E-state index is 13.0. The zero-order valence-corrected chi connectivity index (χ0v) is 16.6. The summed E-state index contributed by atoms with van der Waals surface area (Å²) in [7, 11) is 0. The second kappa shape index (κ2) is 8.32. The van der Waals surface area contributed by atoms with Crippen LogP contribution >= 0.6 is 0 Å². The SMILES string of the molecule is CCC(Cc1ccccc1)C[C@@H](O)CN1C(=O)c2ccccc2C1=C1CCC1. The van der Waals surface area contributed by atoms with Crippen molar-refractivity contribution in [2.75, 3.05) is 6.54 Å². The molecule has 3 nitrogen and oxygen atoms in total. The maximum atomic E-state index is 13.0. The zero-order chi connectivity index (χ0) is 19.5. The van der Waals surface area contributed by atoms with Crippen LogP contribution in [0.3, 0.4) is 0 Å². The van der Waals surface area contributed by atoms with Gasteiger partial charge in [-0.3, -0.25) is 4.79 Å². The molecule has 0 saturated heterocycles. The summed E-state index contributed by atoms with van der Waals surface area (Å²) in [5, 5.41) is 10.9. The lowest BCUT2D eigenvalue weighted by Crippen LogP contribution is -2.34. The molecule has 1 amide bonds. The van der Waals surface area contributed by atoms with Gasteiger partial charge >= 0.3 is 0 Å². The highest BCUT2D eigenvalue weighted by Gasteiger charge is 2.36. The van der Waals surface area contributed by atoms with Gasteiger partial charge in [-0.15, -0.1) is 0 Å². The molecule has 1 N–H and O–H groups in total. The number of β-amino-alcohol motifs (C(OH)–C–C–N with tert-alkyl or cyclic N) is 1. The number of carbonyl (C=O) groups excluding carboxylic acids is 1. The number of aliphatic hydroxyl groups excluding tert-OH is 1. The maximum Gasteiger partial charge on any atom is 0.259 e. The fourth-order valence-electron chi connectivity index (χ4n) is 4.43. The largest absolute Gasteiger partial charge is 0.391 e. The average Bonchev–Trinajstić information content (AvgIpc) is 2.93. The molecule has 28 heavy (non-hydrogen) atoms. The zero-order valence-electron chi connectivity index (χ0n) is 16.6. The van der Waals surface area contributed by atoms with Crippen molar-refractivity contribution in [1.29, 1.82) is 0 Å². The number of carbonyl (C=O) groups is 1. The van der Waals surface area contributed by atoms with Crippen LogP contribution < -0.4 is 0 Å². The Morgan fingerprint density at radius 1 is 1.00 bits per heavy atom. The van der Waals surface area contributed by atoms with E-state index in [1.54, 1.807) is 0 Å². The van der Waals surface area contributed by atoms with E-state index in [-0.39, 0.29) is 5.91 Å². The Morgan fingerprint density at radius 3 is 2.32 bits per heavy atom. The van der Waals surface area contributed by atoms with Crippen LogP contribution in [0.25, 0.3) is 5.70 Å². The van der Waals surface area contributed by atoms with E-state index in [9.17, 15) is 9.90 Å². The Kier molecular flexibility index (Phi) is 5.63. The van der Waals surface area contributed by atoms with Crippen molar-refractivity contribution in [3.05, 3.63) is 76.9 Å². The summed E-state index contributed by atoms with van der Waals surface area (Å²) in [6.07, 6.45) is 5.52. The fraction of sp³-hybridized carbons (Fsp3) is 0.400. The normalized spacial score (nSPS) is 18.1. The van der Waals surface area contributed by atoms with Gasteiger partial charge in [0.1, 0.15) is 0 Å². The Labute approximate surface area is 167 Å². The Morgan fingerprint density at radius 2 is 1.68 bits per heavy atom. The van der Waals surface area contributed by atoms with Crippen LogP contribution in [0.2, 0.25) is 0 Å². The van der Waals surface area contributed by atoms with E-state index < -0.39 is 6.10 Å². The quantitative estimate of drug-likeness (QED) is 0.735. The first-order valence-corrected chi connectivity index (χ1v) is 10.5. The molecule has 4 rings (SSSR count). The molecule has 0 aromatic heterocycles. The number of allylic oxidation sites excluding steroid dienone is 1. The van der Waals surface area contributed by atoms with Gasteiger partial charge in [-0.05, 0) is 55.2 Å². The van der Waals surface area contributed by atoms with Crippen LogP contribution in [0.4, 0.5) is 0 Å². The number of benzene rings is 2. The van der Waals surface area contributed by atoms with Crippen LogP contribution in [0.1, 0.15) is 60.5 Å². The van der Waals surface area contributed by atoms with Gasteiger partial charge in [0.05, 0.1) is 18.3 Å². The first kappa shape index (κ1) is 18.9. The molecule has 1 unspecified atom stereocenters. The molecular weight excluding hydrogens is 346 g/mol. The minimum Gasteiger partial charge on any atom is -0.391 e. The van der Waals surface area contributed by atoms with Crippen LogP contribution in [0.15, 0.2) is 60.2 Å². The van der Waals surface area contributed by atoms with Crippen molar-refractivity contribution in [3.63, 3.8) is 0 Å². The van der Waals surface area contributed by atoms with E-state index in [2.05, 4.69) is 31.2 Å². The molecule has 1 aliphatic heterocycles. The standard InChI is InChI=1S/C25H29NO2/c1-2-18(15-19-9-4-3-5-10-19)16-21(27)17-26-24(20-11-8-12-20)22-13-6-7-14-23(22)25(26)28/h3-7,9-10,13-14,18,21,27H,2,8,11-12,15-17H2,1H3/t18?,21-/m1/s1. The molecule has 0 spiro atoms. The molecule has 1 aliphatic carbocycles. The molecule has 146 valence electrons. The molecule has 0 radical (unpaired) electrons. The number of nitrogens with zero attached hydrogens (tertiary/aromatic N) is 1. The van der Waals surface area contributed by atoms with Gasteiger partial charge in [0.15, 0.2) is 0 Å². The number of rotatable bonds is 7. The minimum atomic E-state index is -0.511. The van der Waals surface area contributed by atoms with Gasteiger partial charge in [0.25, 0.3) is 5.91 Å². The van der Waals surface area contributed by atoms with E-state index >= 15 is 0 Å². The van der Waals surface area contributed by atoms with Gasteiger partial charge in [-0.1, -0.05) is 61.9 Å². The van der Waals surface area contributed by atoms with Gasteiger partial charge < -0.3 is 10.0 Å². The van der Waals surface area contributed by atoms with Gasteiger partial charge in [0.2, 0.25) is 0 Å². The second-order valence-electron chi connectivity index (χ2n) is 8.12. The molecule has 3 heteroatoms. The number of hydrogen-bond acceptors (Lipinski definition) is 2. The molecule has 1 fully saturated rings. The van der Waals surface area contributed by atoms with Gasteiger partial charge in [-0.2, -0.15) is 0 Å². The van der Waals surface area contributed by atoms with E-state index in [1.807, 2.05) is 35.2 Å². The van der Waals surface area contributed by atoms with Crippen molar-refractivity contribution in [1.82, 2.24) is 4.90 Å².